The summed E-state index contributed by atoms with van der Waals surface area (Å²) in [6.07, 6.45) is 5.96. The van der Waals surface area contributed by atoms with Gasteiger partial charge < -0.3 is 9.64 Å². The van der Waals surface area contributed by atoms with Crippen molar-refractivity contribution in [3.05, 3.63) is 0 Å². The third-order valence-corrected chi connectivity index (χ3v) is 2.65. The number of amides is 1. The van der Waals surface area contributed by atoms with E-state index in [1.54, 1.807) is 4.90 Å². The third kappa shape index (κ3) is 1.84. The van der Waals surface area contributed by atoms with E-state index in [-0.39, 0.29) is 11.4 Å². The fourth-order valence-electron chi connectivity index (χ4n) is 1.51. The van der Waals surface area contributed by atoms with Crippen molar-refractivity contribution in [3.8, 4) is 12.3 Å². The van der Waals surface area contributed by atoms with Gasteiger partial charge in [0.25, 0.3) is 5.91 Å². The van der Waals surface area contributed by atoms with Gasteiger partial charge in [0, 0.05) is 6.54 Å². The summed E-state index contributed by atoms with van der Waals surface area (Å²) in [7, 11) is 0. The van der Waals surface area contributed by atoms with Crippen molar-refractivity contribution in [2.45, 2.75) is 25.8 Å². The van der Waals surface area contributed by atoms with Crippen LogP contribution in [0.15, 0.2) is 0 Å². The van der Waals surface area contributed by atoms with Gasteiger partial charge in [-0.1, -0.05) is 6.92 Å². The van der Waals surface area contributed by atoms with E-state index < -0.39 is 0 Å². The fourth-order valence-corrected chi connectivity index (χ4v) is 1.51. The first kappa shape index (κ1) is 10.1. The number of nitrogens with zero attached hydrogens (tertiary/aromatic N) is 1. The number of carbonyl (C=O) groups excluding carboxylic acids is 1. The van der Waals surface area contributed by atoms with Gasteiger partial charge in [0.15, 0.2) is 0 Å². The lowest BCUT2D eigenvalue weighted by molar-refractivity contribution is -0.141. The number of ether oxygens (including phenoxy) is 1. The van der Waals surface area contributed by atoms with Crippen molar-refractivity contribution >= 4 is 5.91 Å². The first-order chi connectivity index (χ1) is 6.14. The lowest BCUT2D eigenvalue weighted by atomic mass is 9.96. The van der Waals surface area contributed by atoms with E-state index in [4.69, 9.17) is 11.2 Å². The number of morpholine rings is 1. The average molecular weight is 181 g/mol. The predicted molar refractivity (Wildman–Crippen MR) is 50.1 cm³/mol. The molecule has 1 aliphatic heterocycles. The average Bonchev–Trinajstić information content (AvgIpc) is 2.17. The summed E-state index contributed by atoms with van der Waals surface area (Å²) in [4.78, 5) is 13.1. The molecular weight excluding hydrogens is 166 g/mol. The van der Waals surface area contributed by atoms with Crippen molar-refractivity contribution < 1.29 is 9.53 Å². The molecule has 0 aliphatic carbocycles. The van der Waals surface area contributed by atoms with Crippen LogP contribution in [-0.2, 0) is 9.53 Å². The minimum absolute atomic E-state index is 0.221. The lowest BCUT2D eigenvalue weighted by Gasteiger charge is -2.43. The molecule has 1 atom stereocenters. The highest BCUT2D eigenvalue weighted by Gasteiger charge is 2.35. The van der Waals surface area contributed by atoms with Crippen LogP contribution in [0.4, 0.5) is 0 Å². The molecule has 0 radical (unpaired) electrons. The molecule has 1 heterocycles. The highest BCUT2D eigenvalue weighted by molar-refractivity contribution is 5.93. The summed E-state index contributed by atoms with van der Waals surface area (Å²) in [5.74, 6) is 1.93. The Bertz CT molecular complexity index is 244. The first-order valence-electron chi connectivity index (χ1n) is 4.50. The molecule has 0 saturated carbocycles. The fraction of sp³-hybridized carbons (Fsp3) is 0.700. The molecular formula is C10H15NO2. The van der Waals surface area contributed by atoms with Crippen molar-refractivity contribution in [2.24, 2.45) is 0 Å². The van der Waals surface area contributed by atoms with Gasteiger partial charge in [-0.15, -0.1) is 6.42 Å². The van der Waals surface area contributed by atoms with Crippen LogP contribution in [0.2, 0.25) is 0 Å². The minimum atomic E-state index is -0.229. The quantitative estimate of drug-likeness (QED) is 0.556. The predicted octanol–water partition coefficient (Wildman–Crippen LogP) is 0.647. The van der Waals surface area contributed by atoms with E-state index in [1.807, 2.05) is 13.8 Å². The summed E-state index contributed by atoms with van der Waals surface area (Å²) in [5, 5.41) is 0. The van der Waals surface area contributed by atoms with Gasteiger partial charge in [-0.3, -0.25) is 4.79 Å². The molecule has 1 fully saturated rings. The second-order valence-corrected chi connectivity index (χ2v) is 3.50. The molecule has 0 N–H and O–H groups in total. The van der Waals surface area contributed by atoms with Crippen LogP contribution >= 0.6 is 0 Å². The van der Waals surface area contributed by atoms with Gasteiger partial charge in [0.05, 0.1) is 18.8 Å². The molecule has 0 aromatic carbocycles. The van der Waals surface area contributed by atoms with Crippen LogP contribution in [0.25, 0.3) is 0 Å². The molecule has 1 amide bonds. The van der Waals surface area contributed by atoms with Crippen LogP contribution in [0.1, 0.15) is 20.3 Å². The number of terminal acetylenes is 1. The summed E-state index contributed by atoms with van der Waals surface area (Å²) < 4.78 is 5.34. The molecule has 1 unspecified atom stereocenters. The number of hydrogen-bond acceptors (Lipinski definition) is 2. The molecule has 13 heavy (non-hydrogen) atoms. The number of rotatable bonds is 1. The van der Waals surface area contributed by atoms with E-state index in [1.165, 1.54) is 0 Å². The van der Waals surface area contributed by atoms with Gasteiger partial charge >= 0.3 is 0 Å². The van der Waals surface area contributed by atoms with Gasteiger partial charge in [-0.25, -0.2) is 0 Å². The minimum Gasteiger partial charge on any atom is -0.377 e. The molecule has 0 bridgehead atoms. The van der Waals surface area contributed by atoms with Crippen LogP contribution in [0.3, 0.4) is 0 Å². The van der Waals surface area contributed by atoms with Crippen LogP contribution in [0.5, 0.6) is 0 Å². The monoisotopic (exact) mass is 181 g/mol. The zero-order chi connectivity index (χ0) is 9.90. The Kier molecular flexibility index (Phi) is 2.94. The summed E-state index contributed by atoms with van der Waals surface area (Å²) in [6, 6.07) is 0. The Labute approximate surface area is 79.1 Å². The summed E-state index contributed by atoms with van der Waals surface area (Å²) >= 11 is 0. The molecule has 0 spiro atoms. The number of hydrogen-bond donors (Lipinski definition) is 0. The van der Waals surface area contributed by atoms with Crippen molar-refractivity contribution in [1.29, 1.82) is 0 Å². The van der Waals surface area contributed by atoms with Gasteiger partial charge in [-0.05, 0) is 19.3 Å². The van der Waals surface area contributed by atoms with E-state index in [0.29, 0.717) is 19.8 Å². The second-order valence-electron chi connectivity index (χ2n) is 3.50. The molecule has 0 aromatic heterocycles. The van der Waals surface area contributed by atoms with Gasteiger partial charge in [0.1, 0.15) is 0 Å². The Morgan fingerprint density at radius 3 is 3.00 bits per heavy atom. The number of carbonyl (C=O) groups is 1. The van der Waals surface area contributed by atoms with Crippen molar-refractivity contribution in [1.82, 2.24) is 4.90 Å². The molecule has 72 valence electrons. The zero-order valence-electron chi connectivity index (χ0n) is 8.17. The molecule has 1 aliphatic rings. The van der Waals surface area contributed by atoms with Gasteiger partial charge in [-0.2, -0.15) is 0 Å². The summed E-state index contributed by atoms with van der Waals surface area (Å²) in [6.45, 7) is 5.81. The van der Waals surface area contributed by atoms with Crippen LogP contribution in [-0.4, -0.2) is 36.1 Å². The Balaban J connectivity index is 2.80. The van der Waals surface area contributed by atoms with E-state index in [0.717, 1.165) is 6.42 Å². The maximum atomic E-state index is 11.4. The van der Waals surface area contributed by atoms with Crippen molar-refractivity contribution in [3.63, 3.8) is 0 Å². The normalized spacial score (nSPS) is 28.2. The maximum Gasteiger partial charge on any atom is 0.298 e. The second kappa shape index (κ2) is 3.80. The summed E-state index contributed by atoms with van der Waals surface area (Å²) in [5.41, 5.74) is -0.221. The Morgan fingerprint density at radius 2 is 2.46 bits per heavy atom. The Hall–Kier alpha value is -1.01. The highest BCUT2D eigenvalue weighted by atomic mass is 16.5. The molecule has 1 saturated heterocycles. The van der Waals surface area contributed by atoms with Crippen molar-refractivity contribution in [2.75, 3.05) is 19.8 Å². The highest BCUT2D eigenvalue weighted by Crippen LogP contribution is 2.22. The van der Waals surface area contributed by atoms with Gasteiger partial charge in [0.2, 0.25) is 0 Å². The first-order valence-corrected chi connectivity index (χ1v) is 4.50. The largest absolute Gasteiger partial charge is 0.377 e. The topological polar surface area (TPSA) is 29.5 Å². The maximum absolute atomic E-state index is 11.4. The van der Waals surface area contributed by atoms with E-state index in [2.05, 4.69) is 5.92 Å². The lowest BCUT2D eigenvalue weighted by Crippen LogP contribution is -2.56. The van der Waals surface area contributed by atoms with Crippen LogP contribution in [0, 0.1) is 12.3 Å². The molecule has 1 rings (SSSR count). The van der Waals surface area contributed by atoms with Crippen LogP contribution < -0.4 is 0 Å². The Morgan fingerprint density at radius 1 is 1.77 bits per heavy atom. The standard InChI is InChI=1S/C10H15NO2/c1-4-9(12)11-6-7-13-8-10(11,3)5-2/h1H,5-8H2,2-3H3. The van der Waals surface area contributed by atoms with E-state index >= 15 is 0 Å². The van der Waals surface area contributed by atoms with E-state index in [9.17, 15) is 4.79 Å². The third-order valence-electron chi connectivity index (χ3n) is 2.65. The molecule has 0 aromatic rings. The molecule has 3 heteroatoms. The SMILES string of the molecule is C#CC(=O)N1CCOCC1(C)CC. The molecule has 3 nitrogen and oxygen atoms in total. The smallest absolute Gasteiger partial charge is 0.298 e. The zero-order valence-corrected chi connectivity index (χ0v) is 8.17.